The second-order valence-corrected chi connectivity index (χ2v) is 39.8. The van der Waals surface area contributed by atoms with Crippen LogP contribution in [-0.2, 0) is 0 Å². The van der Waals surface area contributed by atoms with Gasteiger partial charge in [-0.25, -0.2) is 0 Å². The molecule has 12 heteroatoms. The highest BCUT2D eigenvalue weighted by molar-refractivity contribution is 6.43. The van der Waals surface area contributed by atoms with E-state index in [-0.39, 0.29) is 0 Å². The SMILES string of the molecule is c1ccc2c(c1)oc1c(-n3c4ccccc4c4c5c6ccccc6n6c7cc8c9cc%10c(c%11ccccc%11n%10-c%10cccc%11c%10oc%10ccccc%10%11)c%10c%11ccccc%11n(c8cc7c(cc43)c56)c9%10)cccc12.c1ccc2c(c1)oc1c(-n3c4ccccc4c4cc5c6cc7c(cc6n6c8ccccc8c(c43)c56)c3cc4c5ccccc5n(-c5cccc6c5oc5ccccc56)c4c4c5ccccc5n7c34)cccc12. The van der Waals surface area contributed by atoms with Crippen molar-refractivity contribution in [3.05, 3.63) is 413 Å². The van der Waals surface area contributed by atoms with Gasteiger partial charge in [-0.1, -0.05) is 267 Å². The van der Waals surface area contributed by atoms with Crippen LogP contribution in [0, 0.1) is 0 Å². The summed E-state index contributed by atoms with van der Waals surface area (Å²) in [4.78, 5) is 0. The molecular weight excluding hydrogens is 1760 g/mol. The molecule has 0 aliphatic heterocycles. The van der Waals surface area contributed by atoms with Crippen molar-refractivity contribution in [2.75, 3.05) is 0 Å². The zero-order valence-electron chi connectivity index (χ0n) is 76.5. The Kier molecular flexibility index (Phi) is 13.1. The summed E-state index contributed by atoms with van der Waals surface area (Å²) in [6, 6.07) is 151. The first-order valence-corrected chi connectivity index (χ1v) is 49.5. The van der Waals surface area contributed by atoms with Gasteiger partial charge in [-0.15, -0.1) is 0 Å². The monoisotopic (exact) mass is 1830 g/mol. The number of furan rings is 4. The number of hydrogen-bond acceptors (Lipinski definition) is 4. The molecule has 144 heavy (non-hydrogen) atoms. The predicted molar refractivity (Wildman–Crippen MR) is 598 cm³/mol. The van der Waals surface area contributed by atoms with Crippen LogP contribution >= 0.6 is 0 Å². The van der Waals surface area contributed by atoms with Crippen LogP contribution in [0.3, 0.4) is 0 Å². The molecular formula is C132H68N8O4. The maximum atomic E-state index is 6.79. The average Bonchev–Trinajstić information content (AvgIpc) is 1.50. The summed E-state index contributed by atoms with van der Waals surface area (Å²) in [6.07, 6.45) is 0. The molecule has 0 N–H and O–H groups in total. The summed E-state index contributed by atoms with van der Waals surface area (Å²) in [5, 5.41) is 38.8. The molecule has 38 aromatic rings. The molecule has 0 atom stereocenters. The Bertz CT molecular complexity index is 12000. The Morgan fingerprint density at radius 1 is 0.118 bits per heavy atom. The van der Waals surface area contributed by atoms with Gasteiger partial charge in [0.15, 0.2) is 22.3 Å². The lowest BCUT2D eigenvalue weighted by atomic mass is 10.0. The van der Waals surface area contributed by atoms with Gasteiger partial charge in [0, 0.05) is 172 Å². The highest BCUT2D eigenvalue weighted by Gasteiger charge is 2.35. The summed E-state index contributed by atoms with van der Waals surface area (Å²) in [5.74, 6) is 0. The van der Waals surface area contributed by atoms with Crippen molar-refractivity contribution in [1.29, 1.82) is 0 Å². The topological polar surface area (TPSA) is 89.9 Å². The first-order chi connectivity index (χ1) is 71.5. The van der Waals surface area contributed by atoms with E-state index in [9.17, 15) is 0 Å². The zero-order chi connectivity index (χ0) is 92.5. The minimum atomic E-state index is 0.891. The van der Waals surface area contributed by atoms with Gasteiger partial charge in [-0.2, -0.15) is 0 Å². The van der Waals surface area contributed by atoms with Crippen molar-refractivity contribution < 1.29 is 17.7 Å². The molecule has 0 fully saturated rings. The number of para-hydroxylation sites is 16. The predicted octanol–water partition coefficient (Wildman–Crippen LogP) is 36.0. The maximum Gasteiger partial charge on any atom is 0.159 e. The van der Waals surface area contributed by atoms with E-state index in [1.165, 1.54) is 207 Å². The minimum Gasteiger partial charge on any atom is -0.454 e. The molecule has 16 aromatic heterocycles. The van der Waals surface area contributed by atoms with Crippen molar-refractivity contribution in [3.8, 4) is 22.7 Å². The van der Waals surface area contributed by atoms with Crippen LogP contribution in [0.25, 0.3) is 350 Å². The van der Waals surface area contributed by atoms with E-state index in [1.807, 2.05) is 0 Å². The summed E-state index contributed by atoms with van der Waals surface area (Å²) in [6.45, 7) is 0. The van der Waals surface area contributed by atoms with E-state index in [1.54, 1.807) is 0 Å². The van der Waals surface area contributed by atoms with Crippen molar-refractivity contribution >= 4 is 327 Å². The number of benzene rings is 22. The summed E-state index contributed by atoms with van der Waals surface area (Å²) in [5.41, 5.74) is 35.3. The molecule has 0 unspecified atom stereocenters. The number of aromatic nitrogens is 8. The van der Waals surface area contributed by atoms with Crippen LogP contribution in [0.4, 0.5) is 0 Å². The molecule has 38 rings (SSSR count). The van der Waals surface area contributed by atoms with E-state index in [0.717, 1.165) is 144 Å². The van der Waals surface area contributed by atoms with Crippen LogP contribution in [-0.4, -0.2) is 35.9 Å². The first kappa shape index (κ1) is 73.7. The highest BCUT2D eigenvalue weighted by Crippen LogP contribution is 2.57. The largest absolute Gasteiger partial charge is 0.454 e. The van der Waals surface area contributed by atoms with Gasteiger partial charge >= 0.3 is 0 Å². The van der Waals surface area contributed by atoms with Crippen LogP contribution in [0.15, 0.2) is 430 Å². The van der Waals surface area contributed by atoms with Gasteiger partial charge in [-0.05, 0) is 146 Å². The van der Waals surface area contributed by atoms with Crippen LogP contribution in [0.1, 0.15) is 0 Å². The normalized spacial score (nSPS) is 13.0. The molecule has 0 bridgehead atoms. The Morgan fingerprint density at radius 2 is 0.326 bits per heavy atom. The van der Waals surface area contributed by atoms with Gasteiger partial charge in [-0.3, -0.25) is 0 Å². The van der Waals surface area contributed by atoms with Crippen LogP contribution in [0.5, 0.6) is 0 Å². The van der Waals surface area contributed by atoms with E-state index in [4.69, 9.17) is 17.7 Å². The number of nitrogens with zero attached hydrogens (tertiary/aromatic N) is 8. The second kappa shape index (κ2) is 25.7. The van der Waals surface area contributed by atoms with Gasteiger partial charge in [0.05, 0.1) is 133 Å². The van der Waals surface area contributed by atoms with Crippen molar-refractivity contribution in [3.63, 3.8) is 0 Å². The second-order valence-electron chi connectivity index (χ2n) is 39.8. The van der Waals surface area contributed by atoms with E-state index >= 15 is 0 Å². The third-order valence-corrected chi connectivity index (χ3v) is 33.1. The molecule has 0 spiro atoms. The lowest BCUT2D eigenvalue weighted by molar-refractivity contribution is 0.666. The molecule has 0 saturated heterocycles. The zero-order valence-corrected chi connectivity index (χ0v) is 76.5. The molecule has 0 aliphatic rings. The third-order valence-electron chi connectivity index (χ3n) is 33.1. The Labute approximate surface area is 810 Å². The van der Waals surface area contributed by atoms with E-state index in [0.29, 0.717) is 0 Å². The van der Waals surface area contributed by atoms with Gasteiger partial charge < -0.3 is 53.5 Å². The quantitative estimate of drug-likeness (QED) is 0.176. The minimum absolute atomic E-state index is 0.891. The molecule has 0 amide bonds. The maximum absolute atomic E-state index is 6.79. The van der Waals surface area contributed by atoms with Crippen LogP contribution < -0.4 is 0 Å². The Hall–Kier alpha value is -19.6. The fourth-order valence-corrected chi connectivity index (χ4v) is 27.7. The van der Waals surface area contributed by atoms with E-state index in [2.05, 4.69) is 448 Å². The highest BCUT2D eigenvalue weighted by atomic mass is 16.3. The van der Waals surface area contributed by atoms with Crippen molar-refractivity contribution in [2.24, 2.45) is 0 Å². The Morgan fingerprint density at radius 3 is 0.632 bits per heavy atom. The van der Waals surface area contributed by atoms with Gasteiger partial charge in [0.1, 0.15) is 22.3 Å². The summed E-state index contributed by atoms with van der Waals surface area (Å²) >= 11 is 0. The number of fused-ring (bicyclic) bond motifs is 52. The van der Waals surface area contributed by atoms with E-state index < -0.39 is 0 Å². The van der Waals surface area contributed by atoms with Crippen molar-refractivity contribution in [1.82, 2.24) is 35.9 Å². The molecule has 12 nitrogen and oxygen atoms in total. The molecule has 0 saturated carbocycles. The lowest BCUT2D eigenvalue weighted by Crippen LogP contribution is -1.95. The number of rotatable bonds is 4. The Balaban J connectivity index is 0.000000118. The smallest absolute Gasteiger partial charge is 0.159 e. The molecule has 0 aliphatic carbocycles. The fourth-order valence-electron chi connectivity index (χ4n) is 27.7. The lowest BCUT2D eigenvalue weighted by Gasteiger charge is -2.10. The first-order valence-electron chi connectivity index (χ1n) is 49.5. The average molecular weight is 1830 g/mol. The molecule has 0 radical (unpaired) electrons. The van der Waals surface area contributed by atoms with Gasteiger partial charge in [0.25, 0.3) is 0 Å². The van der Waals surface area contributed by atoms with Crippen LogP contribution in [0.2, 0.25) is 0 Å². The third kappa shape index (κ3) is 8.67. The number of hydrogen-bond donors (Lipinski definition) is 0. The standard InChI is InChI=1S/2C66H34N4O2/c1-7-23-47-39(17-1)59-55(67(47)51-27-13-21-37-35-15-5-11-29-57(35)71-65(37)51)33-45-43-31-54-44(32-53(43)69-49-25-9-3-19-41(49)61(59)63(45)69)46-34-56-60(62-42-20-4-10-26-50(42)70(54)64(46)62)40-18-2-8-24-48(40)68(56)52-28-14-22-38-36-16-6-12-30-58(36)72-66(38)52;1-7-23-49-35(15-1)45-31-47-43-33-56-44(34-55(43)69-51-25-9-3-19-41(51)59(63(47)69)61(45)67(49)53-27-13-21-39-37-17-5-11-29-57(37)71-65(39)53)48-32-46-36-16-2-8-24-50(36)68(62(46)60-42-20-4-10-26-52(42)70(56)64(48)60)54-28-14-22-40-38-18-6-12-30-58(38)72-66(40)54/h2*1-34H. The summed E-state index contributed by atoms with van der Waals surface area (Å²) < 4.78 is 47.2. The van der Waals surface area contributed by atoms with Gasteiger partial charge in [0.2, 0.25) is 0 Å². The van der Waals surface area contributed by atoms with Crippen molar-refractivity contribution in [2.45, 2.75) is 0 Å². The molecule has 16 heterocycles. The molecule has 660 valence electrons. The summed E-state index contributed by atoms with van der Waals surface area (Å²) in [7, 11) is 0. The fraction of sp³-hybridized carbons (Fsp3) is 0. The molecule has 22 aromatic carbocycles.